The molecular formula is C19H32O2. The van der Waals surface area contributed by atoms with Crippen molar-refractivity contribution in [3.05, 3.63) is 36.5 Å². The van der Waals surface area contributed by atoms with Gasteiger partial charge in [-0.3, -0.25) is 9.59 Å². The van der Waals surface area contributed by atoms with E-state index in [1.807, 2.05) is 25.2 Å². The lowest BCUT2D eigenvalue weighted by molar-refractivity contribution is -0.105. The second-order valence-corrected chi connectivity index (χ2v) is 5.30. The molecule has 21 heavy (non-hydrogen) atoms. The normalized spacial score (nSPS) is 12.4. The van der Waals surface area contributed by atoms with Crippen molar-refractivity contribution in [1.29, 1.82) is 0 Å². The molecule has 2 nitrogen and oxygen atoms in total. The van der Waals surface area contributed by atoms with Crippen LogP contribution in [0.25, 0.3) is 0 Å². The van der Waals surface area contributed by atoms with Crippen LogP contribution in [0.1, 0.15) is 65.7 Å². The standard InChI is InChI=1S/C10H18O.C9H14O/c1-2-3-4-5-6-7-8-9-10-11;1-4-5-8(2)6-9(3)7-10/h8-10H,2-7H2,1H3;4,6-8H,1,5H2,2-3H3. The molecule has 0 aromatic carbocycles. The predicted molar refractivity (Wildman–Crippen MR) is 92.4 cm³/mol. The number of rotatable bonds is 11. The van der Waals surface area contributed by atoms with Gasteiger partial charge in [-0.25, -0.2) is 0 Å². The van der Waals surface area contributed by atoms with Crippen molar-refractivity contribution in [2.75, 3.05) is 0 Å². The van der Waals surface area contributed by atoms with Gasteiger partial charge >= 0.3 is 0 Å². The molecule has 1 unspecified atom stereocenters. The summed E-state index contributed by atoms with van der Waals surface area (Å²) in [4.78, 5) is 20.0. The van der Waals surface area contributed by atoms with E-state index in [0.29, 0.717) is 5.92 Å². The molecule has 0 rings (SSSR count). The quantitative estimate of drug-likeness (QED) is 0.220. The summed E-state index contributed by atoms with van der Waals surface area (Å²) in [5.74, 6) is 0.433. The summed E-state index contributed by atoms with van der Waals surface area (Å²) in [5, 5.41) is 0. The van der Waals surface area contributed by atoms with E-state index in [1.165, 1.54) is 32.1 Å². The molecule has 2 heteroatoms. The van der Waals surface area contributed by atoms with Crippen LogP contribution in [0.4, 0.5) is 0 Å². The van der Waals surface area contributed by atoms with Gasteiger partial charge in [0, 0.05) is 0 Å². The third-order valence-electron chi connectivity index (χ3n) is 2.96. The van der Waals surface area contributed by atoms with E-state index in [0.717, 1.165) is 31.0 Å². The Morgan fingerprint density at radius 2 is 1.81 bits per heavy atom. The van der Waals surface area contributed by atoms with E-state index in [2.05, 4.69) is 20.4 Å². The molecule has 0 radical (unpaired) electrons. The zero-order valence-electron chi connectivity index (χ0n) is 14.0. The van der Waals surface area contributed by atoms with Crippen LogP contribution in [-0.2, 0) is 9.59 Å². The summed E-state index contributed by atoms with van der Waals surface area (Å²) < 4.78 is 0. The minimum Gasteiger partial charge on any atom is -0.299 e. The van der Waals surface area contributed by atoms with Crippen molar-refractivity contribution < 1.29 is 9.59 Å². The SMILES string of the molecule is C=CCC(C)C=C(C)C=O.CCCCCCCC=CC=O. The zero-order valence-corrected chi connectivity index (χ0v) is 14.0. The maximum absolute atomic E-state index is 10.2. The van der Waals surface area contributed by atoms with Crippen LogP contribution in [0.3, 0.4) is 0 Å². The van der Waals surface area contributed by atoms with E-state index < -0.39 is 0 Å². The molecule has 0 aliphatic heterocycles. The minimum atomic E-state index is 0.433. The first-order valence-corrected chi connectivity index (χ1v) is 7.97. The Balaban J connectivity index is 0. The molecule has 0 amide bonds. The Hall–Kier alpha value is -1.44. The Labute approximate surface area is 131 Å². The summed E-state index contributed by atoms with van der Waals surface area (Å²) in [6.45, 7) is 9.71. The highest BCUT2D eigenvalue weighted by molar-refractivity contribution is 5.72. The molecule has 0 bridgehead atoms. The highest BCUT2D eigenvalue weighted by Crippen LogP contribution is 2.06. The summed E-state index contributed by atoms with van der Waals surface area (Å²) in [7, 11) is 0. The first kappa shape index (κ1) is 21.9. The summed E-state index contributed by atoms with van der Waals surface area (Å²) >= 11 is 0. The number of unbranched alkanes of at least 4 members (excludes halogenated alkanes) is 5. The van der Waals surface area contributed by atoms with E-state index in [1.54, 1.807) is 6.08 Å². The van der Waals surface area contributed by atoms with Gasteiger partial charge in [-0.2, -0.15) is 0 Å². The summed E-state index contributed by atoms with van der Waals surface area (Å²) in [5.41, 5.74) is 0.800. The van der Waals surface area contributed by atoms with Gasteiger partial charge in [0.1, 0.15) is 12.6 Å². The molecule has 0 aliphatic carbocycles. The van der Waals surface area contributed by atoms with E-state index in [4.69, 9.17) is 0 Å². The molecular weight excluding hydrogens is 260 g/mol. The van der Waals surface area contributed by atoms with Crippen LogP contribution in [0.5, 0.6) is 0 Å². The predicted octanol–water partition coefficient (Wildman–Crippen LogP) is 5.45. The molecule has 0 heterocycles. The Morgan fingerprint density at radius 1 is 1.14 bits per heavy atom. The first-order chi connectivity index (χ1) is 10.1. The van der Waals surface area contributed by atoms with Crippen LogP contribution in [0.2, 0.25) is 0 Å². The maximum atomic E-state index is 10.2. The maximum Gasteiger partial charge on any atom is 0.145 e. The number of hydrogen-bond donors (Lipinski definition) is 0. The molecule has 0 fully saturated rings. The Morgan fingerprint density at radius 3 is 2.33 bits per heavy atom. The lowest BCUT2D eigenvalue weighted by Gasteiger charge is -2.00. The minimum absolute atomic E-state index is 0.433. The molecule has 0 N–H and O–H groups in total. The number of aldehydes is 2. The lowest BCUT2D eigenvalue weighted by Crippen LogP contribution is -1.88. The van der Waals surface area contributed by atoms with Gasteiger partial charge in [0.2, 0.25) is 0 Å². The van der Waals surface area contributed by atoms with Crippen molar-refractivity contribution in [3.63, 3.8) is 0 Å². The molecule has 0 aliphatic rings. The Kier molecular flexibility index (Phi) is 19.3. The lowest BCUT2D eigenvalue weighted by atomic mass is 10.1. The molecule has 0 saturated carbocycles. The molecule has 120 valence electrons. The highest BCUT2D eigenvalue weighted by atomic mass is 16.1. The van der Waals surface area contributed by atoms with Crippen LogP contribution < -0.4 is 0 Å². The van der Waals surface area contributed by atoms with E-state index >= 15 is 0 Å². The van der Waals surface area contributed by atoms with Gasteiger partial charge in [0.15, 0.2) is 0 Å². The van der Waals surface area contributed by atoms with Crippen molar-refractivity contribution in [3.8, 4) is 0 Å². The van der Waals surface area contributed by atoms with Gasteiger partial charge in [-0.05, 0) is 43.8 Å². The van der Waals surface area contributed by atoms with Crippen molar-refractivity contribution in [2.45, 2.75) is 65.7 Å². The molecule has 0 aromatic rings. The number of allylic oxidation sites excluding steroid dienone is 5. The topological polar surface area (TPSA) is 34.1 Å². The number of carbonyl (C=O) groups is 2. The van der Waals surface area contributed by atoms with Crippen LogP contribution in [0.15, 0.2) is 36.5 Å². The number of hydrogen-bond acceptors (Lipinski definition) is 2. The zero-order chi connectivity index (χ0) is 16.3. The van der Waals surface area contributed by atoms with Gasteiger partial charge in [0.25, 0.3) is 0 Å². The smallest absolute Gasteiger partial charge is 0.145 e. The molecule has 0 spiro atoms. The van der Waals surface area contributed by atoms with E-state index in [-0.39, 0.29) is 0 Å². The van der Waals surface area contributed by atoms with Gasteiger partial charge in [0.05, 0.1) is 0 Å². The van der Waals surface area contributed by atoms with Crippen LogP contribution >= 0.6 is 0 Å². The first-order valence-electron chi connectivity index (χ1n) is 7.97. The van der Waals surface area contributed by atoms with Crippen molar-refractivity contribution in [2.24, 2.45) is 5.92 Å². The van der Waals surface area contributed by atoms with Crippen LogP contribution in [-0.4, -0.2) is 12.6 Å². The summed E-state index contributed by atoms with van der Waals surface area (Å²) in [6, 6.07) is 0. The monoisotopic (exact) mass is 292 g/mol. The second-order valence-electron chi connectivity index (χ2n) is 5.30. The van der Waals surface area contributed by atoms with Gasteiger partial charge < -0.3 is 0 Å². The highest BCUT2D eigenvalue weighted by Gasteiger charge is 1.93. The third kappa shape index (κ3) is 21.0. The fourth-order valence-electron chi connectivity index (χ4n) is 1.84. The summed E-state index contributed by atoms with van der Waals surface area (Å²) in [6.07, 6.45) is 17.6. The van der Waals surface area contributed by atoms with Gasteiger partial charge in [-0.1, -0.05) is 57.8 Å². The Bertz CT molecular complexity index is 314. The average Bonchev–Trinajstić information content (AvgIpc) is 2.47. The average molecular weight is 292 g/mol. The van der Waals surface area contributed by atoms with Gasteiger partial charge in [-0.15, -0.1) is 6.58 Å². The fraction of sp³-hybridized carbons (Fsp3) is 0.579. The van der Waals surface area contributed by atoms with Crippen LogP contribution in [0, 0.1) is 5.92 Å². The molecule has 1 atom stereocenters. The number of carbonyl (C=O) groups excluding carboxylic acids is 2. The van der Waals surface area contributed by atoms with Crippen molar-refractivity contribution in [1.82, 2.24) is 0 Å². The third-order valence-corrected chi connectivity index (χ3v) is 2.96. The molecule has 0 aromatic heterocycles. The largest absolute Gasteiger partial charge is 0.299 e. The second kappa shape index (κ2) is 18.6. The van der Waals surface area contributed by atoms with Crippen molar-refractivity contribution >= 4 is 12.6 Å². The molecule has 0 saturated heterocycles. The fourth-order valence-corrected chi connectivity index (χ4v) is 1.84. The van der Waals surface area contributed by atoms with E-state index in [9.17, 15) is 9.59 Å².